The summed E-state index contributed by atoms with van der Waals surface area (Å²) in [7, 11) is 0. The third-order valence-electron chi connectivity index (χ3n) is 4.88. The maximum atomic E-state index is 12.5. The number of benzene rings is 2. The van der Waals surface area contributed by atoms with Crippen molar-refractivity contribution in [3.63, 3.8) is 0 Å². The predicted octanol–water partition coefficient (Wildman–Crippen LogP) is 4.99. The molecule has 0 saturated heterocycles. The van der Waals surface area contributed by atoms with Crippen LogP contribution in [-0.4, -0.2) is 17.4 Å². The predicted molar refractivity (Wildman–Crippen MR) is 105 cm³/mol. The van der Waals surface area contributed by atoms with E-state index in [1.807, 2.05) is 36.4 Å². The van der Waals surface area contributed by atoms with E-state index in [0.29, 0.717) is 23.6 Å². The Morgan fingerprint density at radius 2 is 1.78 bits per heavy atom. The molecule has 0 bridgehead atoms. The lowest BCUT2D eigenvalue weighted by atomic mass is 9.96. The average molecular weight is 379 g/mol. The van der Waals surface area contributed by atoms with Crippen LogP contribution < -0.4 is 10.1 Å². The third-order valence-corrected chi connectivity index (χ3v) is 5.14. The molecule has 1 aliphatic rings. The molecule has 5 heteroatoms. The molecule has 1 heterocycles. The monoisotopic (exact) mass is 378 g/mol. The van der Waals surface area contributed by atoms with Crippen LogP contribution in [0.5, 0.6) is 11.5 Å². The van der Waals surface area contributed by atoms with Crippen LogP contribution in [0.2, 0.25) is 5.02 Å². The van der Waals surface area contributed by atoms with Crippen LogP contribution in [0, 0.1) is 0 Å². The highest BCUT2D eigenvalue weighted by atomic mass is 35.5. The highest BCUT2D eigenvalue weighted by Gasteiger charge is 2.44. The fraction of sp³-hybridized carbons (Fsp3) is 0.182. The van der Waals surface area contributed by atoms with E-state index < -0.39 is 0 Å². The first-order valence-corrected chi connectivity index (χ1v) is 9.25. The van der Waals surface area contributed by atoms with E-state index in [4.69, 9.17) is 16.3 Å². The summed E-state index contributed by atoms with van der Waals surface area (Å²) >= 11 is 5.97. The third kappa shape index (κ3) is 4.12. The van der Waals surface area contributed by atoms with Gasteiger partial charge in [0.15, 0.2) is 0 Å². The number of hydrogen-bond acceptors (Lipinski definition) is 3. The maximum Gasteiger partial charge on any atom is 0.251 e. The highest BCUT2D eigenvalue weighted by molar-refractivity contribution is 6.30. The Bertz CT molecular complexity index is 921. The molecular weight excluding hydrogens is 360 g/mol. The van der Waals surface area contributed by atoms with Gasteiger partial charge in [-0.1, -0.05) is 23.7 Å². The Kier molecular flexibility index (Phi) is 4.82. The molecular formula is C22H19ClN2O2. The molecule has 4 rings (SSSR count). The summed E-state index contributed by atoms with van der Waals surface area (Å²) in [5.74, 6) is 1.25. The van der Waals surface area contributed by atoms with Crippen LogP contribution in [0.1, 0.15) is 28.8 Å². The molecule has 0 aliphatic heterocycles. The van der Waals surface area contributed by atoms with Gasteiger partial charge in [0.2, 0.25) is 0 Å². The molecule has 136 valence electrons. The van der Waals surface area contributed by atoms with Crippen LogP contribution >= 0.6 is 11.6 Å². The standard InChI is InChI=1S/C22H19ClN2O2/c23-18-7-5-17(6-8-18)22(11-12-22)15-25-21(26)16-3-9-19(10-4-16)27-20-2-1-13-24-14-20/h1-10,13-14H,11-12,15H2,(H,25,26). The number of rotatable bonds is 6. The second-order valence-corrected chi connectivity index (χ2v) is 7.22. The Morgan fingerprint density at radius 1 is 1.04 bits per heavy atom. The first kappa shape index (κ1) is 17.6. The average Bonchev–Trinajstić information content (AvgIpc) is 3.49. The van der Waals surface area contributed by atoms with E-state index in [9.17, 15) is 4.79 Å². The van der Waals surface area contributed by atoms with Crippen LogP contribution in [-0.2, 0) is 5.41 Å². The van der Waals surface area contributed by atoms with E-state index in [1.165, 1.54) is 5.56 Å². The molecule has 0 spiro atoms. The topological polar surface area (TPSA) is 51.2 Å². The van der Waals surface area contributed by atoms with Crippen molar-refractivity contribution in [3.8, 4) is 11.5 Å². The summed E-state index contributed by atoms with van der Waals surface area (Å²) < 4.78 is 5.70. The zero-order chi connectivity index (χ0) is 18.7. The minimum atomic E-state index is -0.0804. The zero-order valence-corrected chi connectivity index (χ0v) is 15.4. The molecule has 0 atom stereocenters. The number of pyridine rings is 1. The number of carbonyl (C=O) groups is 1. The van der Waals surface area contributed by atoms with E-state index in [0.717, 1.165) is 17.9 Å². The van der Waals surface area contributed by atoms with Gasteiger partial charge >= 0.3 is 0 Å². The van der Waals surface area contributed by atoms with Gasteiger partial charge in [0.25, 0.3) is 5.91 Å². The Balaban J connectivity index is 1.36. The maximum absolute atomic E-state index is 12.5. The van der Waals surface area contributed by atoms with Crippen LogP contribution in [0.25, 0.3) is 0 Å². The molecule has 1 aromatic heterocycles. The molecule has 1 saturated carbocycles. The number of carbonyl (C=O) groups excluding carboxylic acids is 1. The summed E-state index contributed by atoms with van der Waals surface area (Å²) in [5, 5.41) is 3.79. The van der Waals surface area contributed by atoms with Gasteiger partial charge in [0.05, 0.1) is 6.20 Å². The van der Waals surface area contributed by atoms with Crippen molar-refractivity contribution >= 4 is 17.5 Å². The lowest BCUT2D eigenvalue weighted by Crippen LogP contribution is -2.32. The van der Waals surface area contributed by atoms with Crippen molar-refractivity contribution in [2.45, 2.75) is 18.3 Å². The molecule has 1 aliphatic carbocycles. The normalized spacial score (nSPS) is 14.4. The van der Waals surface area contributed by atoms with Gasteiger partial charge in [-0.15, -0.1) is 0 Å². The summed E-state index contributed by atoms with van der Waals surface area (Å²) in [6.07, 6.45) is 5.49. The van der Waals surface area contributed by atoms with Crippen molar-refractivity contribution in [2.24, 2.45) is 0 Å². The van der Waals surface area contributed by atoms with Gasteiger partial charge < -0.3 is 10.1 Å². The molecule has 1 amide bonds. The summed E-state index contributed by atoms with van der Waals surface area (Å²) in [6, 6.07) is 18.6. The number of hydrogen-bond donors (Lipinski definition) is 1. The molecule has 2 aromatic carbocycles. The molecule has 0 radical (unpaired) electrons. The van der Waals surface area contributed by atoms with Gasteiger partial charge in [0, 0.05) is 28.7 Å². The van der Waals surface area contributed by atoms with Crippen molar-refractivity contribution in [1.82, 2.24) is 10.3 Å². The van der Waals surface area contributed by atoms with Crippen molar-refractivity contribution < 1.29 is 9.53 Å². The number of ether oxygens (including phenoxy) is 1. The number of aromatic nitrogens is 1. The van der Waals surface area contributed by atoms with Crippen molar-refractivity contribution in [1.29, 1.82) is 0 Å². The van der Waals surface area contributed by atoms with E-state index >= 15 is 0 Å². The quantitative estimate of drug-likeness (QED) is 0.657. The van der Waals surface area contributed by atoms with Gasteiger partial charge in [-0.25, -0.2) is 0 Å². The smallest absolute Gasteiger partial charge is 0.251 e. The second-order valence-electron chi connectivity index (χ2n) is 6.79. The first-order chi connectivity index (χ1) is 13.1. The van der Waals surface area contributed by atoms with Gasteiger partial charge in [-0.2, -0.15) is 0 Å². The Morgan fingerprint density at radius 3 is 2.41 bits per heavy atom. The van der Waals surface area contributed by atoms with Gasteiger partial charge in [0.1, 0.15) is 11.5 Å². The molecule has 4 nitrogen and oxygen atoms in total. The van der Waals surface area contributed by atoms with Crippen molar-refractivity contribution in [3.05, 3.63) is 89.2 Å². The lowest BCUT2D eigenvalue weighted by Gasteiger charge is -2.17. The number of nitrogens with zero attached hydrogens (tertiary/aromatic N) is 1. The lowest BCUT2D eigenvalue weighted by molar-refractivity contribution is 0.0949. The van der Waals surface area contributed by atoms with Gasteiger partial charge in [-0.05, 0) is 66.9 Å². The molecule has 27 heavy (non-hydrogen) atoms. The van der Waals surface area contributed by atoms with Crippen LogP contribution in [0.4, 0.5) is 0 Å². The first-order valence-electron chi connectivity index (χ1n) is 8.87. The zero-order valence-electron chi connectivity index (χ0n) is 14.7. The number of nitrogens with one attached hydrogen (secondary N) is 1. The number of amides is 1. The number of halogens is 1. The molecule has 3 aromatic rings. The Hall–Kier alpha value is -2.85. The van der Waals surface area contributed by atoms with Crippen molar-refractivity contribution in [2.75, 3.05) is 6.54 Å². The Labute approximate surface area is 163 Å². The largest absolute Gasteiger partial charge is 0.456 e. The van der Waals surface area contributed by atoms with E-state index in [1.54, 1.807) is 36.7 Å². The molecule has 1 fully saturated rings. The molecule has 0 unspecified atom stereocenters. The fourth-order valence-electron chi connectivity index (χ4n) is 3.09. The van der Waals surface area contributed by atoms with Gasteiger partial charge in [-0.3, -0.25) is 9.78 Å². The fourth-order valence-corrected chi connectivity index (χ4v) is 3.22. The van der Waals surface area contributed by atoms with E-state index in [-0.39, 0.29) is 11.3 Å². The minimum absolute atomic E-state index is 0.0452. The minimum Gasteiger partial charge on any atom is -0.456 e. The SMILES string of the molecule is O=C(NCC1(c2ccc(Cl)cc2)CC1)c1ccc(Oc2cccnc2)cc1. The summed E-state index contributed by atoms with van der Waals surface area (Å²) in [5.41, 5.74) is 1.89. The van der Waals surface area contributed by atoms with Crippen LogP contribution in [0.15, 0.2) is 73.1 Å². The highest BCUT2D eigenvalue weighted by Crippen LogP contribution is 2.47. The summed E-state index contributed by atoms with van der Waals surface area (Å²) in [6.45, 7) is 0.626. The van der Waals surface area contributed by atoms with E-state index in [2.05, 4.69) is 10.3 Å². The second kappa shape index (κ2) is 7.41. The van der Waals surface area contributed by atoms with Crippen LogP contribution in [0.3, 0.4) is 0 Å². The molecule has 1 N–H and O–H groups in total. The summed E-state index contributed by atoms with van der Waals surface area (Å²) in [4.78, 5) is 16.5.